The Bertz CT molecular complexity index is 1220. The van der Waals surface area contributed by atoms with Gasteiger partial charge in [-0.3, -0.25) is 4.79 Å². The van der Waals surface area contributed by atoms with Gasteiger partial charge in [0.2, 0.25) is 5.91 Å². The third kappa shape index (κ3) is 4.03. The van der Waals surface area contributed by atoms with E-state index in [2.05, 4.69) is 29.2 Å². The van der Waals surface area contributed by atoms with Crippen LogP contribution in [0.5, 0.6) is 0 Å². The van der Waals surface area contributed by atoms with Gasteiger partial charge in [-0.05, 0) is 43.0 Å². The molecule has 194 valence electrons. The predicted molar refractivity (Wildman–Crippen MR) is 138 cm³/mol. The molecule has 0 aromatic heterocycles. The summed E-state index contributed by atoms with van der Waals surface area (Å²) in [6, 6.07) is 15.9. The van der Waals surface area contributed by atoms with Gasteiger partial charge in [0, 0.05) is 50.4 Å². The lowest BCUT2D eigenvalue weighted by Gasteiger charge is -2.35. The predicted octanol–water partition coefficient (Wildman–Crippen LogP) is 3.69. The van der Waals surface area contributed by atoms with Crippen molar-refractivity contribution in [3.05, 3.63) is 65.2 Å². The summed E-state index contributed by atoms with van der Waals surface area (Å²) in [5.41, 5.74) is 2.48. The van der Waals surface area contributed by atoms with E-state index in [1.54, 1.807) is 11.0 Å². The first-order chi connectivity index (χ1) is 18.0. The number of esters is 1. The Kier molecular flexibility index (Phi) is 5.85. The van der Waals surface area contributed by atoms with Crippen molar-refractivity contribution < 1.29 is 23.9 Å². The van der Waals surface area contributed by atoms with Gasteiger partial charge < -0.3 is 24.2 Å². The minimum Gasteiger partial charge on any atom is -0.449 e. The minimum absolute atomic E-state index is 0.136. The molecule has 0 radical (unpaired) electrons. The number of nitrogens with zero attached hydrogens (tertiary/aromatic N) is 3. The molecule has 6 rings (SSSR count). The molecule has 1 unspecified atom stereocenters. The van der Waals surface area contributed by atoms with Crippen molar-refractivity contribution in [2.75, 3.05) is 50.8 Å². The summed E-state index contributed by atoms with van der Waals surface area (Å²) in [6.45, 7) is 6.22. The van der Waals surface area contributed by atoms with Gasteiger partial charge in [-0.1, -0.05) is 37.3 Å². The standard InChI is InChI=1S/C29H33N3O5/c1-2-19-36-27(35)31-17-15-30(16-18-31)22-9-7-21(8-10-22)28(11-12-28)26(34)32-14-13-29(20-32)24-6-4-3-5-23(24)25(33)37-29/h3-10H,2,11-20H2,1H3. The van der Waals surface area contributed by atoms with E-state index >= 15 is 0 Å². The number of fused-ring (bicyclic) bond motifs is 2. The molecule has 3 fully saturated rings. The number of hydrogen-bond acceptors (Lipinski definition) is 6. The molecule has 8 heteroatoms. The Morgan fingerprint density at radius 3 is 2.35 bits per heavy atom. The second kappa shape index (κ2) is 9.08. The van der Waals surface area contributed by atoms with Gasteiger partial charge in [-0.15, -0.1) is 0 Å². The maximum Gasteiger partial charge on any atom is 0.409 e. The molecular weight excluding hydrogens is 470 g/mol. The number of carbonyl (C=O) groups is 3. The molecule has 2 aromatic carbocycles. The van der Waals surface area contributed by atoms with Gasteiger partial charge in [0.1, 0.15) is 0 Å². The monoisotopic (exact) mass is 503 g/mol. The van der Waals surface area contributed by atoms with Crippen LogP contribution in [0.25, 0.3) is 0 Å². The average molecular weight is 504 g/mol. The molecule has 2 aromatic rings. The summed E-state index contributed by atoms with van der Waals surface area (Å²) in [7, 11) is 0. The van der Waals surface area contributed by atoms with Crippen molar-refractivity contribution in [2.45, 2.75) is 43.6 Å². The van der Waals surface area contributed by atoms with Crippen LogP contribution in [0, 0.1) is 0 Å². The summed E-state index contributed by atoms with van der Waals surface area (Å²) >= 11 is 0. The Balaban J connectivity index is 1.11. The van der Waals surface area contributed by atoms with Crippen molar-refractivity contribution in [3.8, 4) is 0 Å². The van der Waals surface area contributed by atoms with Gasteiger partial charge >= 0.3 is 12.1 Å². The highest BCUT2D eigenvalue weighted by Gasteiger charge is 2.57. The van der Waals surface area contributed by atoms with Gasteiger partial charge in [-0.2, -0.15) is 0 Å². The number of piperazine rings is 1. The van der Waals surface area contributed by atoms with Gasteiger partial charge in [0.05, 0.1) is 24.1 Å². The molecule has 4 aliphatic rings. The second-order valence-electron chi connectivity index (χ2n) is 10.6. The fourth-order valence-electron chi connectivity index (χ4n) is 6.08. The quantitative estimate of drug-likeness (QED) is 0.579. The minimum atomic E-state index is -0.714. The highest BCUT2D eigenvalue weighted by atomic mass is 16.6. The third-order valence-electron chi connectivity index (χ3n) is 8.36. The van der Waals surface area contributed by atoms with Crippen molar-refractivity contribution in [1.82, 2.24) is 9.80 Å². The molecular formula is C29H33N3O5. The lowest BCUT2D eigenvalue weighted by molar-refractivity contribution is -0.134. The third-order valence-corrected chi connectivity index (χ3v) is 8.36. The number of anilines is 1. The highest BCUT2D eigenvalue weighted by Crippen LogP contribution is 2.52. The summed E-state index contributed by atoms with van der Waals surface area (Å²) in [6.07, 6.45) is 2.90. The van der Waals surface area contributed by atoms with E-state index in [0.29, 0.717) is 44.8 Å². The average Bonchev–Trinajstić information content (AvgIpc) is 3.57. The normalized spacial score (nSPS) is 23.7. The van der Waals surface area contributed by atoms with Crippen molar-refractivity contribution in [1.29, 1.82) is 0 Å². The first kappa shape index (κ1) is 23.8. The Morgan fingerprint density at radius 2 is 1.65 bits per heavy atom. The van der Waals surface area contributed by atoms with Crippen molar-refractivity contribution in [2.24, 2.45) is 0 Å². The van der Waals surface area contributed by atoms with Crippen LogP contribution in [-0.4, -0.2) is 73.6 Å². The number of carbonyl (C=O) groups excluding carboxylic acids is 3. The summed E-state index contributed by atoms with van der Waals surface area (Å²) < 4.78 is 11.1. The summed E-state index contributed by atoms with van der Waals surface area (Å²) in [5.74, 6) is -0.155. The molecule has 0 bridgehead atoms. The van der Waals surface area contributed by atoms with Crippen LogP contribution in [0.15, 0.2) is 48.5 Å². The first-order valence-electron chi connectivity index (χ1n) is 13.4. The molecule has 2 amide bonds. The molecule has 3 heterocycles. The SMILES string of the molecule is CCCOC(=O)N1CCN(c2ccc(C3(C(=O)N4CCC5(C4)OC(=O)c4ccccc45)CC3)cc2)CC1. The molecule has 37 heavy (non-hydrogen) atoms. The topological polar surface area (TPSA) is 79.4 Å². The Morgan fingerprint density at radius 1 is 0.919 bits per heavy atom. The molecule has 2 saturated heterocycles. The number of rotatable bonds is 5. The van der Waals surface area contributed by atoms with Gasteiger partial charge in [0.25, 0.3) is 0 Å². The Labute approximate surface area is 217 Å². The Hall–Kier alpha value is -3.55. The number of hydrogen-bond donors (Lipinski definition) is 0. The fraction of sp³-hybridized carbons (Fsp3) is 0.483. The zero-order valence-corrected chi connectivity index (χ0v) is 21.3. The lowest BCUT2D eigenvalue weighted by Crippen LogP contribution is -2.49. The fourth-order valence-corrected chi connectivity index (χ4v) is 6.08. The summed E-state index contributed by atoms with van der Waals surface area (Å²) in [4.78, 5) is 44.2. The number of benzene rings is 2. The van der Waals surface area contributed by atoms with Crippen LogP contribution < -0.4 is 4.90 Å². The van der Waals surface area contributed by atoms with Crippen LogP contribution in [0.2, 0.25) is 0 Å². The molecule has 1 aliphatic carbocycles. The zero-order valence-electron chi connectivity index (χ0n) is 21.3. The van der Waals surface area contributed by atoms with E-state index in [4.69, 9.17) is 9.47 Å². The molecule has 1 saturated carbocycles. The van der Waals surface area contributed by atoms with E-state index in [-0.39, 0.29) is 18.0 Å². The van der Waals surface area contributed by atoms with E-state index in [1.807, 2.05) is 30.0 Å². The number of likely N-dealkylation sites (tertiary alicyclic amines) is 1. The van der Waals surface area contributed by atoms with Gasteiger partial charge in [0.15, 0.2) is 5.60 Å². The van der Waals surface area contributed by atoms with Gasteiger partial charge in [-0.25, -0.2) is 9.59 Å². The smallest absolute Gasteiger partial charge is 0.409 e. The van der Waals surface area contributed by atoms with E-state index in [9.17, 15) is 14.4 Å². The van der Waals surface area contributed by atoms with Crippen LogP contribution in [0.4, 0.5) is 10.5 Å². The van der Waals surface area contributed by atoms with E-state index in [0.717, 1.165) is 49.2 Å². The first-order valence-corrected chi connectivity index (χ1v) is 13.4. The molecule has 1 atom stereocenters. The van der Waals surface area contributed by atoms with E-state index in [1.165, 1.54) is 0 Å². The summed E-state index contributed by atoms with van der Waals surface area (Å²) in [5, 5.41) is 0. The molecule has 3 aliphatic heterocycles. The number of ether oxygens (including phenoxy) is 2. The van der Waals surface area contributed by atoms with Crippen LogP contribution in [-0.2, 0) is 25.3 Å². The van der Waals surface area contributed by atoms with Crippen molar-refractivity contribution in [3.63, 3.8) is 0 Å². The van der Waals surface area contributed by atoms with Crippen LogP contribution in [0.1, 0.15) is 54.1 Å². The zero-order chi connectivity index (χ0) is 25.6. The molecule has 1 spiro atoms. The second-order valence-corrected chi connectivity index (χ2v) is 10.6. The van der Waals surface area contributed by atoms with Crippen LogP contribution in [0.3, 0.4) is 0 Å². The highest BCUT2D eigenvalue weighted by molar-refractivity contribution is 5.96. The largest absolute Gasteiger partial charge is 0.449 e. The van der Waals surface area contributed by atoms with Crippen LogP contribution >= 0.6 is 0 Å². The maximum absolute atomic E-state index is 13.8. The maximum atomic E-state index is 13.8. The number of amides is 2. The van der Waals surface area contributed by atoms with E-state index < -0.39 is 11.0 Å². The molecule has 8 nitrogen and oxygen atoms in total. The van der Waals surface area contributed by atoms with Crippen molar-refractivity contribution >= 4 is 23.7 Å². The lowest BCUT2D eigenvalue weighted by atomic mass is 9.91. The molecule has 0 N–H and O–H groups in total.